The molecule has 21 heavy (non-hydrogen) atoms. The van der Waals surface area contributed by atoms with Gasteiger partial charge in [0.05, 0.1) is 11.9 Å². The molecular formula is C16H14FN3O. The van der Waals surface area contributed by atoms with Crippen molar-refractivity contribution in [1.29, 1.82) is 0 Å². The van der Waals surface area contributed by atoms with Gasteiger partial charge in [-0.1, -0.05) is 35.5 Å². The predicted molar refractivity (Wildman–Crippen MR) is 76.4 cm³/mol. The molecule has 1 unspecified atom stereocenters. The van der Waals surface area contributed by atoms with Gasteiger partial charge < -0.3 is 5.11 Å². The summed E-state index contributed by atoms with van der Waals surface area (Å²) in [6.45, 7) is 1.64. The van der Waals surface area contributed by atoms with E-state index in [9.17, 15) is 9.50 Å². The van der Waals surface area contributed by atoms with Gasteiger partial charge in [0.15, 0.2) is 0 Å². The Morgan fingerprint density at radius 3 is 2.38 bits per heavy atom. The van der Waals surface area contributed by atoms with E-state index in [0.29, 0.717) is 11.3 Å². The first-order valence-corrected chi connectivity index (χ1v) is 6.54. The number of nitrogens with zero attached hydrogens (tertiary/aromatic N) is 3. The summed E-state index contributed by atoms with van der Waals surface area (Å²) in [5.74, 6) is -0.343. The summed E-state index contributed by atoms with van der Waals surface area (Å²) in [6.07, 6.45) is 1.51. The van der Waals surface area contributed by atoms with Crippen molar-refractivity contribution in [1.82, 2.24) is 15.0 Å². The van der Waals surface area contributed by atoms with E-state index in [4.69, 9.17) is 0 Å². The lowest BCUT2D eigenvalue weighted by atomic mass is 9.92. The highest BCUT2D eigenvalue weighted by molar-refractivity contribution is 5.37. The summed E-state index contributed by atoms with van der Waals surface area (Å²) < 4.78 is 14.6. The number of rotatable bonds is 3. The average Bonchev–Trinajstić information content (AvgIpc) is 2.99. The Bertz CT molecular complexity index is 736. The number of benzene rings is 2. The van der Waals surface area contributed by atoms with Crippen molar-refractivity contribution in [3.63, 3.8) is 0 Å². The fourth-order valence-electron chi connectivity index (χ4n) is 2.25. The maximum absolute atomic E-state index is 13.1. The first kappa shape index (κ1) is 13.5. The van der Waals surface area contributed by atoms with Crippen molar-refractivity contribution in [2.24, 2.45) is 0 Å². The summed E-state index contributed by atoms with van der Waals surface area (Å²) >= 11 is 0. The molecule has 0 amide bonds. The van der Waals surface area contributed by atoms with Crippen LogP contribution in [0.1, 0.15) is 18.2 Å². The molecule has 5 heteroatoms. The van der Waals surface area contributed by atoms with Gasteiger partial charge in [0.25, 0.3) is 0 Å². The Morgan fingerprint density at radius 2 is 1.71 bits per heavy atom. The van der Waals surface area contributed by atoms with Crippen LogP contribution in [-0.4, -0.2) is 20.1 Å². The molecule has 0 bridgehead atoms. The molecule has 0 aliphatic rings. The van der Waals surface area contributed by atoms with E-state index in [-0.39, 0.29) is 5.82 Å². The summed E-state index contributed by atoms with van der Waals surface area (Å²) in [7, 11) is 0. The van der Waals surface area contributed by atoms with Gasteiger partial charge in [0.2, 0.25) is 0 Å². The third-order valence-electron chi connectivity index (χ3n) is 3.46. The molecule has 1 aromatic heterocycles. The molecule has 3 aromatic rings. The lowest BCUT2D eigenvalue weighted by Gasteiger charge is -2.24. The zero-order valence-corrected chi connectivity index (χ0v) is 11.4. The lowest BCUT2D eigenvalue weighted by molar-refractivity contribution is 0.0945. The van der Waals surface area contributed by atoms with Crippen LogP contribution in [0.4, 0.5) is 4.39 Å². The molecule has 1 heterocycles. The van der Waals surface area contributed by atoms with Crippen LogP contribution in [0, 0.1) is 5.82 Å². The molecule has 0 aliphatic carbocycles. The molecule has 0 spiro atoms. The molecule has 0 fully saturated rings. The first-order chi connectivity index (χ1) is 10.1. The third-order valence-corrected chi connectivity index (χ3v) is 3.46. The maximum Gasteiger partial charge on any atom is 0.130 e. The molecule has 0 radical (unpaired) electrons. The van der Waals surface area contributed by atoms with Crippen molar-refractivity contribution in [3.8, 4) is 5.69 Å². The zero-order chi connectivity index (χ0) is 14.9. The number of aromatic nitrogens is 3. The Labute approximate surface area is 121 Å². The predicted octanol–water partition coefficient (Wildman–Crippen LogP) is 2.66. The van der Waals surface area contributed by atoms with Crippen LogP contribution >= 0.6 is 0 Å². The minimum absolute atomic E-state index is 0.343. The van der Waals surface area contributed by atoms with E-state index >= 15 is 0 Å². The molecule has 1 N–H and O–H groups in total. The van der Waals surface area contributed by atoms with Crippen LogP contribution in [0.25, 0.3) is 5.69 Å². The summed E-state index contributed by atoms with van der Waals surface area (Å²) in [5, 5.41) is 18.8. The van der Waals surface area contributed by atoms with E-state index in [2.05, 4.69) is 10.3 Å². The van der Waals surface area contributed by atoms with Crippen molar-refractivity contribution in [2.75, 3.05) is 0 Å². The van der Waals surface area contributed by atoms with Crippen LogP contribution in [0.15, 0.2) is 60.8 Å². The topological polar surface area (TPSA) is 50.9 Å². The Morgan fingerprint density at radius 1 is 1.05 bits per heavy atom. The SMILES string of the molecule is CC(O)(c1ccc(F)cc1)c1cnnn1-c1ccccc1. The number of para-hydroxylation sites is 1. The van der Waals surface area contributed by atoms with Crippen LogP contribution in [0.2, 0.25) is 0 Å². The highest BCUT2D eigenvalue weighted by Gasteiger charge is 2.30. The van der Waals surface area contributed by atoms with Crippen LogP contribution in [0.5, 0.6) is 0 Å². The van der Waals surface area contributed by atoms with Gasteiger partial charge in [0.1, 0.15) is 17.1 Å². The highest BCUT2D eigenvalue weighted by Crippen LogP contribution is 2.29. The molecule has 106 valence electrons. The van der Waals surface area contributed by atoms with Gasteiger partial charge in [-0.05, 0) is 36.8 Å². The normalized spacial score (nSPS) is 13.9. The molecular weight excluding hydrogens is 269 g/mol. The molecule has 0 saturated carbocycles. The van der Waals surface area contributed by atoms with Crippen molar-refractivity contribution >= 4 is 0 Å². The molecule has 3 rings (SSSR count). The molecule has 4 nitrogen and oxygen atoms in total. The quantitative estimate of drug-likeness (QED) is 0.804. The summed E-state index contributed by atoms with van der Waals surface area (Å²) in [5.41, 5.74) is 0.559. The van der Waals surface area contributed by atoms with E-state index in [1.807, 2.05) is 30.3 Å². The van der Waals surface area contributed by atoms with Crippen LogP contribution in [-0.2, 0) is 5.60 Å². The smallest absolute Gasteiger partial charge is 0.130 e. The van der Waals surface area contributed by atoms with E-state index in [1.165, 1.54) is 18.3 Å². The molecule has 2 aromatic carbocycles. The van der Waals surface area contributed by atoms with Crippen LogP contribution < -0.4 is 0 Å². The van der Waals surface area contributed by atoms with Crippen molar-refractivity contribution < 1.29 is 9.50 Å². The fraction of sp³-hybridized carbons (Fsp3) is 0.125. The Kier molecular flexibility index (Phi) is 3.27. The van der Waals surface area contributed by atoms with Gasteiger partial charge in [0, 0.05) is 0 Å². The van der Waals surface area contributed by atoms with Gasteiger partial charge in [-0.3, -0.25) is 0 Å². The minimum Gasteiger partial charge on any atom is -0.379 e. The molecule has 0 aliphatic heterocycles. The maximum atomic E-state index is 13.1. The standard InChI is InChI=1S/C16H14FN3O/c1-16(21,12-7-9-13(17)10-8-12)15-11-18-19-20(15)14-5-3-2-4-6-14/h2-11,21H,1H3. The second-order valence-electron chi connectivity index (χ2n) is 4.95. The summed E-state index contributed by atoms with van der Waals surface area (Å²) in [4.78, 5) is 0. The van der Waals surface area contributed by atoms with Crippen molar-refractivity contribution in [3.05, 3.63) is 77.9 Å². The third kappa shape index (κ3) is 2.43. The largest absolute Gasteiger partial charge is 0.379 e. The van der Waals surface area contributed by atoms with Gasteiger partial charge in [-0.15, -0.1) is 5.10 Å². The summed E-state index contributed by atoms with van der Waals surface area (Å²) in [6, 6.07) is 15.2. The van der Waals surface area contributed by atoms with E-state index in [0.717, 1.165) is 5.69 Å². The number of hydrogen-bond acceptors (Lipinski definition) is 3. The van der Waals surface area contributed by atoms with Gasteiger partial charge >= 0.3 is 0 Å². The van der Waals surface area contributed by atoms with E-state index in [1.54, 1.807) is 23.7 Å². The fourth-order valence-corrected chi connectivity index (χ4v) is 2.25. The number of aliphatic hydroxyl groups is 1. The number of hydrogen-bond donors (Lipinski definition) is 1. The Hall–Kier alpha value is -2.53. The van der Waals surface area contributed by atoms with Gasteiger partial charge in [-0.2, -0.15) is 0 Å². The monoisotopic (exact) mass is 283 g/mol. The minimum atomic E-state index is -1.33. The first-order valence-electron chi connectivity index (χ1n) is 6.54. The van der Waals surface area contributed by atoms with Crippen molar-refractivity contribution in [2.45, 2.75) is 12.5 Å². The second-order valence-corrected chi connectivity index (χ2v) is 4.95. The van der Waals surface area contributed by atoms with Crippen LogP contribution in [0.3, 0.4) is 0 Å². The molecule has 1 atom stereocenters. The Balaban J connectivity index is 2.08. The molecule has 0 saturated heterocycles. The number of halogens is 1. The lowest BCUT2D eigenvalue weighted by Crippen LogP contribution is -2.26. The zero-order valence-electron chi connectivity index (χ0n) is 11.4. The highest BCUT2D eigenvalue weighted by atomic mass is 19.1. The van der Waals surface area contributed by atoms with Gasteiger partial charge in [-0.25, -0.2) is 9.07 Å². The van der Waals surface area contributed by atoms with E-state index < -0.39 is 5.60 Å². The second kappa shape index (κ2) is 5.10. The average molecular weight is 283 g/mol.